The maximum atomic E-state index is 13.7. The summed E-state index contributed by atoms with van der Waals surface area (Å²) in [6.07, 6.45) is 4.52. The van der Waals surface area contributed by atoms with Crippen LogP contribution in [-0.4, -0.2) is 32.1 Å². The van der Waals surface area contributed by atoms with Gasteiger partial charge < -0.3 is 4.90 Å². The van der Waals surface area contributed by atoms with Crippen LogP contribution in [0.5, 0.6) is 0 Å². The Kier molecular flexibility index (Phi) is 5.73. The molecule has 0 N–H and O–H groups in total. The van der Waals surface area contributed by atoms with Crippen LogP contribution in [0.3, 0.4) is 0 Å². The molecule has 0 radical (unpaired) electrons. The summed E-state index contributed by atoms with van der Waals surface area (Å²) in [7, 11) is 0. The molecule has 5 rings (SSSR count). The molecule has 166 valence electrons. The van der Waals surface area contributed by atoms with Gasteiger partial charge in [0.2, 0.25) is 0 Å². The summed E-state index contributed by atoms with van der Waals surface area (Å²) in [6.45, 7) is 2.92. The number of rotatable bonds is 5. The molecule has 0 aliphatic carbocycles. The summed E-state index contributed by atoms with van der Waals surface area (Å²) in [5, 5.41) is 5.58. The van der Waals surface area contributed by atoms with Crippen molar-refractivity contribution in [3.05, 3.63) is 106 Å². The molecule has 2 aromatic carbocycles. The van der Waals surface area contributed by atoms with Gasteiger partial charge in [-0.15, -0.1) is 0 Å². The molecule has 0 bridgehead atoms. The maximum Gasteiger partial charge on any atom is 0.275 e. The van der Waals surface area contributed by atoms with E-state index < -0.39 is 0 Å². The summed E-state index contributed by atoms with van der Waals surface area (Å²) in [6, 6.07) is 21.6. The van der Waals surface area contributed by atoms with Crippen LogP contribution in [0.25, 0.3) is 10.8 Å². The Morgan fingerprint density at radius 3 is 2.45 bits per heavy atom. The number of likely N-dealkylation sites (tertiary alicyclic amines) is 1. The Balaban J connectivity index is 1.44. The van der Waals surface area contributed by atoms with Crippen LogP contribution >= 0.6 is 0 Å². The number of hydrogen-bond donors (Lipinski definition) is 0. The third-order valence-corrected chi connectivity index (χ3v) is 6.32. The highest BCUT2D eigenvalue weighted by Gasteiger charge is 2.33. The molecule has 1 atom stereocenters. The van der Waals surface area contributed by atoms with Crippen molar-refractivity contribution in [2.24, 2.45) is 0 Å². The molecule has 1 aliphatic rings. The van der Waals surface area contributed by atoms with Crippen LogP contribution in [0.2, 0.25) is 0 Å². The number of fused-ring (bicyclic) bond motifs is 1. The molecule has 3 heterocycles. The van der Waals surface area contributed by atoms with E-state index in [0.29, 0.717) is 29.6 Å². The molecule has 0 spiro atoms. The topological polar surface area (TPSA) is 68.1 Å². The van der Waals surface area contributed by atoms with Gasteiger partial charge in [0.1, 0.15) is 0 Å². The molecule has 1 aliphatic heterocycles. The highest BCUT2D eigenvalue weighted by molar-refractivity contribution is 6.05. The molecule has 1 saturated heterocycles. The fourth-order valence-electron chi connectivity index (χ4n) is 4.63. The van der Waals surface area contributed by atoms with Gasteiger partial charge >= 0.3 is 0 Å². The quantitative estimate of drug-likeness (QED) is 0.464. The first-order valence-corrected chi connectivity index (χ1v) is 11.5. The van der Waals surface area contributed by atoms with E-state index in [0.717, 1.165) is 30.5 Å². The summed E-state index contributed by atoms with van der Waals surface area (Å²) >= 11 is 0. The number of pyridine rings is 1. The van der Waals surface area contributed by atoms with E-state index in [4.69, 9.17) is 4.98 Å². The van der Waals surface area contributed by atoms with Crippen molar-refractivity contribution in [1.29, 1.82) is 0 Å². The van der Waals surface area contributed by atoms with Crippen LogP contribution < -0.4 is 5.56 Å². The predicted molar refractivity (Wildman–Crippen MR) is 128 cm³/mol. The third kappa shape index (κ3) is 4.04. The number of benzene rings is 2. The van der Waals surface area contributed by atoms with Gasteiger partial charge in [-0.1, -0.05) is 54.6 Å². The lowest BCUT2D eigenvalue weighted by Crippen LogP contribution is -2.34. The highest BCUT2D eigenvalue weighted by Crippen LogP contribution is 2.32. The van der Waals surface area contributed by atoms with Crippen LogP contribution in [0.15, 0.2) is 77.7 Å². The largest absolute Gasteiger partial charge is 0.329 e. The summed E-state index contributed by atoms with van der Waals surface area (Å²) in [5.74, 6) is -0.147. The zero-order valence-corrected chi connectivity index (χ0v) is 18.6. The van der Waals surface area contributed by atoms with Crippen molar-refractivity contribution in [3.8, 4) is 0 Å². The third-order valence-electron chi connectivity index (χ3n) is 6.32. The molecule has 2 aromatic heterocycles. The van der Waals surface area contributed by atoms with Gasteiger partial charge in [-0.2, -0.15) is 5.10 Å². The Hall–Kier alpha value is -3.80. The lowest BCUT2D eigenvalue weighted by atomic mass is 10.0. The van der Waals surface area contributed by atoms with Gasteiger partial charge in [0.25, 0.3) is 11.5 Å². The molecular formula is C27H26N4O2. The van der Waals surface area contributed by atoms with Crippen molar-refractivity contribution in [3.63, 3.8) is 0 Å². The molecule has 4 aromatic rings. The van der Waals surface area contributed by atoms with E-state index >= 15 is 0 Å². The van der Waals surface area contributed by atoms with Crippen molar-refractivity contribution in [2.75, 3.05) is 6.54 Å². The van der Waals surface area contributed by atoms with Crippen LogP contribution in [0.1, 0.15) is 53.1 Å². The molecular weight excluding hydrogens is 412 g/mol. The Bertz CT molecular complexity index is 1350. The van der Waals surface area contributed by atoms with Crippen LogP contribution in [-0.2, 0) is 13.0 Å². The lowest BCUT2D eigenvalue weighted by Gasteiger charge is -2.25. The second-order valence-electron chi connectivity index (χ2n) is 8.43. The minimum absolute atomic E-state index is 0.0918. The monoisotopic (exact) mass is 438 g/mol. The zero-order chi connectivity index (χ0) is 22.8. The first-order valence-electron chi connectivity index (χ1n) is 11.5. The highest BCUT2D eigenvalue weighted by atomic mass is 16.2. The molecule has 1 amide bonds. The SMILES string of the molecule is CCn1nc(C(=O)N2CCC[C@H]2c2ccc(Cc3ccccc3)cn2)c2ccccc2c1=O. The normalized spacial score (nSPS) is 15.8. The smallest absolute Gasteiger partial charge is 0.275 e. The van der Waals surface area contributed by atoms with E-state index in [2.05, 4.69) is 23.3 Å². The Labute approximate surface area is 192 Å². The molecule has 1 fully saturated rings. The number of amides is 1. The lowest BCUT2D eigenvalue weighted by molar-refractivity contribution is 0.0726. The van der Waals surface area contributed by atoms with Gasteiger partial charge in [-0.05, 0) is 49.4 Å². The zero-order valence-electron chi connectivity index (χ0n) is 18.6. The first kappa shape index (κ1) is 21.1. The van der Waals surface area contributed by atoms with Gasteiger partial charge in [-0.3, -0.25) is 14.6 Å². The minimum Gasteiger partial charge on any atom is -0.329 e. The van der Waals surface area contributed by atoms with E-state index in [9.17, 15) is 9.59 Å². The van der Waals surface area contributed by atoms with E-state index in [1.165, 1.54) is 10.2 Å². The van der Waals surface area contributed by atoms with Crippen LogP contribution in [0.4, 0.5) is 0 Å². The molecule has 0 saturated carbocycles. The second-order valence-corrected chi connectivity index (χ2v) is 8.43. The van der Waals surface area contributed by atoms with Gasteiger partial charge in [0.05, 0.1) is 17.1 Å². The number of carbonyl (C=O) groups excluding carboxylic acids is 1. The maximum absolute atomic E-state index is 13.7. The van der Waals surface area contributed by atoms with Crippen LogP contribution in [0, 0.1) is 0 Å². The number of nitrogens with zero attached hydrogens (tertiary/aromatic N) is 4. The fourth-order valence-corrected chi connectivity index (χ4v) is 4.63. The Morgan fingerprint density at radius 2 is 1.73 bits per heavy atom. The fraction of sp³-hybridized carbons (Fsp3) is 0.259. The van der Waals surface area contributed by atoms with Crippen molar-refractivity contribution in [2.45, 2.75) is 38.8 Å². The van der Waals surface area contributed by atoms with E-state index in [1.54, 1.807) is 12.1 Å². The standard InChI is InChI=1S/C27H26N4O2/c1-2-31-26(32)22-12-7-6-11-21(22)25(29-31)27(33)30-16-8-13-24(30)23-15-14-20(18-28-23)17-19-9-4-3-5-10-19/h3-7,9-12,14-15,18,24H,2,8,13,16-17H2,1H3/t24-/m0/s1. The van der Waals surface area contributed by atoms with Crippen molar-refractivity contribution >= 4 is 16.7 Å². The van der Waals surface area contributed by atoms with Gasteiger partial charge in [0.15, 0.2) is 5.69 Å². The van der Waals surface area contributed by atoms with E-state index in [-0.39, 0.29) is 17.5 Å². The average Bonchev–Trinajstić information content (AvgIpc) is 3.35. The van der Waals surface area contributed by atoms with Crippen molar-refractivity contribution < 1.29 is 4.79 Å². The summed E-state index contributed by atoms with van der Waals surface area (Å²) < 4.78 is 1.37. The summed E-state index contributed by atoms with van der Waals surface area (Å²) in [4.78, 5) is 32.9. The van der Waals surface area contributed by atoms with E-state index in [1.807, 2.05) is 54.4 Å². The number of carbonyl (C=O) groups is 1. The van der Waals surface area contributed by atoms with Gasteiger partial charge in [-0.25, -0.2) is 4.68 Å². The first-order chi connectivity index (χ1) is 16.2. The molecule has 0 unspecified atom stereocenters. The van der Waals surface area contributed by atoms with Crippen molar-refractivity contribution in [1.82, 2.24) is 19.7 Å². The minimum atomic E-state index is -0.168. The molecule has 6 heteroatoms. The number of hydrogen-bond acceptors (Lipinski definition) is 4. The molecule has 6 nitrogen and oxygen atoms in total. The molecule has 33 heavy (non-hydrogen) atoms. The number of aryl methyl sites for hydroxylation is 1. The summed E-state index contributed by atoms with van der Waals surface area (Å²) in [5.41, 5.74) is 3.45. The average molecular weight is 439 g/mol. The van der Waals surface area contributed by atoms with Gasteiger partial charge in [0, 0.05) is 24.7 Å². The Morgan fingerprint density at radius 1 is 0.970 bits per heavy atom. The predicted octanol–water partition coefficient (Wildman–Crippen LogP) is 4.38. The number of aromatic nitrogens is 3. The second kappa shape index (κ2) is 8.98.